The van der Waals surface area contributed by atoms with Gasteiger partial charge in [-0.25, -0.2) is 0 Å². The smallest absolute Gasteiger partial charge is 0.303 e. The fourth-order valence-corrected chi connectivity index (χ4v) is 1.52. The van der Waals surface area contributed by atoms with E-state index >= 15 is 0 Å². The number of esters is 1. The van der Waals surface area contributed by atoms with E-state index < -0.39 is 5.97 Å². The molecular formula is C8H12Br2O4. The highest BCUT2D eigenvalue weighted by Gasteiger charge is 2.17. The summed E-state index contributed by atoms with van der Waals surface area (Å²) < 4.78 is 4.77. The molecule has 0 aromatic carbocycles. The molecule has 4 nitrogen and oxygen atoms in total. The van der Waals surface area contributed by atoms with Gasteiger partial charge in [0, 0.05) is 18.2 Å². The number of rotatable bonds is 6. The van der Waals surface area contributed by atoms with Gasteiger partial charge in [-0.15, -0.1) is 0 Å². The minimum absolute atomic E-state index is 0.0158. The molecule has 0 amide bonds. The molecule has 1 N–H and O–H groups in total. The van der Waals surface area contributed by atoms with Crippen LogP contribution in [0.2, 0.25) is 0 Å². The van der Waals surface area contributed by atoms with Gasteiger partial charge in [0.05, 0.1) is 4.83 Å². The minimum Gasteiger partial charge on any atom is -0.481 e. The van der Waals surface area contributed by atoms with Crippen molar-refractivity contribution in [2.45, 2.75) is 29.4 Å². The van der Waals surface area contributed by atoms with E-state index in [0.717, 1.165) is 0 Å². The van der Waals surface area contributed by atoms with Crippen LogP contribution in [0, 0.1) is 0 Å². The largest absolute Gasteiger partial charge is 0.481 e. The molecule has 2 atom stereocenters. The lowest BCUT2D eigenvalue weighted by Gasteiger charge is -2.15. The Hall–Kier alpha value is -0.100. The zero-order valence-corrected chi connectivity index (χ0v) is 10.9. The second-order valence-corrected chi connectivity index (χ2v) is 5.12. The first-order chi connectivity index (χ1) is 6.43. The second kappa shape index (κ2) is 7.23. The topological polar surface area (TPSA) is 63.6 Å². The fraction of sp³-hybridized carbons (Fsp3) is 0.750. The average molecular weight is 332 g/mol. The lowest BCUT2D eigenvalue weighted by atomic mass is 10.2. The summed E-state index contributed by atoms with van der Waals surface area (Å²) in [4.78, 5) is 20.7. The first kappa shape index (κ1) is 13.9. The van der Waals surface area contributed by atoms with Crippen molar-refractivity contribution in [3.05, 3.63) is 0 Å². The molecule has 0 fully saturated rings. The van der Waals surface area contributed by atoms with E-state index in [1.807, 2.05) is 0 Å². The van der Waals surface area contributed by atoms with Crippen LogP contribution in [0.3, 0.4) is 0 Å². The van der Waals surface area contributed by atoms with Crippen LogP contribution in [-0.2, 0) is 14.3 Å². The summed E-state index contributed by atoms with van der Waals surface area (Å²) in [6, 6.07) is 0. The van der Waals surface area contributed by atoms with Gasteiger partial charge in [0.2, 0.25) is 0 Å². The molecule has 0 radical (unpaired) electrons. The van der Waals surface area contributed by atoms with Crippen LogP contribution in [0.15, 0.2) is 0 Å². The van der Waals surface area contributed by atoms with Crippen LogP contribution >= 0.6 is 31.9 Å². The zero-order chi connectivity index (χ0) is 11.1. The molecule has 0 aliphatic carbocycles. The van der Waals surface area contributed by atoms with Gasteiger partial charge in [-0.1, -0.05) is 31.9 Å². The molecule has 0 aliphatic rings. The molecule has 0 saturated heterocycles. The van der Waals surface area contributed by atoms with Crippen LogP contribution < -0.4 is 0 Å². The number of hydrogen-bond donors (Lipinski definition) is 1. The highest BCUT2D eigenvalue weighted by Crippen LogP contribution is 2.19. The van der Waals surface area contributed by atoms with Crippen molar-refractivity contribution >= 4 is 43.8 Å². The van der Waals surface area contributed by atoms with Crippen LogP contribution in [0.4, 0.5) is 0 Å². The van der Waals surface area contributed by atoms with E-state index in [-0.39, 0.29) is 28.7 Å². The maximum Gasteiger partial charge on any atom is 0.303 e. The number of carboxylic acid groups (broad SMARTS) is 1. The first-order valence-corrected chi connectivity index (χ1v) is 5.90. The van der Waals surface area contributed by atoms with E-state index in [1.165, 1.54) is 6.92 Å². The van der Waals surface area contributed by atoms with E-state index in [4.69, 9.17) is 9.84 Å². The summed E-state index contributed by atoms with van der Waals surface area (Å²) in [6.45, 7) is 1.57. The molecule has 0 saturated carbocycles. The number of carbonyl (C=O) groups excluding carboxylic acids is 1. The maximum atomic E-state index is 10.5. The molecule has 0 spiro atoms. The van der Waals surface area contributed by atoms with E-state index in [1.54, 1.807) is 0 Å². The number of aliphatic carboxylic acids is 1. The van der Waals surface area contributed by atoms with Gasteiger partial charge in [-0.05, 0) is 6.42 Å². The monoisotopic (exact) mass is 330 g/mol. The predicted molar refractivity (Wildman–Crippen MR) is 58.9 cm³/mol. The Balaban J connectivity index is 3.69. The van der Waals surface area contributed by atoms with Crippen LogP contribution in [0.25, 0.3) is 0 Å². The highest BCUT2D eigenvalue weighted by molar-refractivity contribution is 9.12. The summed E-state index contributed by atoms with van der Waals surface area (Å²) in [5, 5.41) is 8.44. The highest BCUT2D eigenvalue weighted by atomic mass is 79.9. The lowest BCUT2D eigenvalue weighted by molar-refractivity contribution is -0.141. The lowest BCUT2D eigenvalue weighted by Crippen LogP contribution is -2.22. The summed E-state index contributed by atoms with van der Waals surface area (Å²) in [5.41, 5.74) is 0. The molecular weight excluding hydrogens is 320 g/mol. The fourth-order valence-electron chi connectivity index (χ4n) is 0.744. The maximum absolute atomic E-state index is 10.5. The number of hydrogen-bond acceptors (Lipinski definition) is 3. The Kier molecular flexibility index (Phi) is 7.17. The predicted octanol–water partition coefficient (Wildman–Crippen LogP) is 1.94. The normalized spacial score (nSPS) is 14.5. The van der Waals surface area contributed by atoms with E-state index in [9.17, 15) is 9.59 Å². The van der Waals surface area contributed by atoms with E-state index in [2.05, 4.69) is 31.9 Å². The SMILES string of the molecule is CC(=O)OC[C@H](Br)[C@H](Br)CCC(=O)O. The molecule has 82 valence electrons. The number of halogens is 2. The van der Waals surface area contributed by atoms with Crippen molar-refractivity contribution in [1.29, 1.82) is 0 Å². The summed E-state index contributed by atoms with van der Waals surface area (Å²) in [7, 11) is 0. The summed E-state index contributed by atoms with van der Waals surface area (Å²) >= 11 is 6.63. The molecule has 0 aromatic rings. The zero-order valence-electron chi connectivity index (χ0n) is 7.70. The third-order valence-electron chi connectivity index (χ3n) is 1.47. The van der Waals surface area contributed by atoms with Crippen molar-refractivity contribution in [2.24, 2.45) is 0 Å². The van der Waals surface area contributed by atoms with Gasteiger partial charge in [-0.2, -0.15) is 0 Å². The standard InChI is InChI=1S/C8H12Br2O4/c1-5(11)14-4-7(10)6(9)2-3-8(12)13/h6-7H,2-4H2,1H3,(H,12,13)/t6-,7+/m1/s1. The molecule has 0 aromatic heterocycles. The van der Waals surface area contributed by atoms with Gasteiger partial charge in [-0.3, -0.25) is 9.59 Å². The minimum atomic E-state index is -0.832. The van der Waals surface area contributed by atoms with Crippen molar-refractivity contribution in [3.8, 4) is 0 Å². The van der Waals surface area contributed by atoms with E-state index in [0.29, 0.717) is 6.42 Å². The van der Waals surface area contributed by atoms with Crippen molar-refractivity contribution in [2.75, 3.05) is 6.61 Å². The third kappa shape index (κ3) is 7.32. The number of alkyl halides is 2. The Labute approximate surface area is 99.3 Å². The average Bonchev–Trinajstić information content (AvgIpc) is 2.09. The number of carbonyl (C=O) groups is 2. The Morgan fingerprint density at radius 2 is 1.93 bits per heavy atom. The molecule has 0 bridgehead atoms. The van der Waals surface area contributed by atoms with Gasteiger partial charge in [0.15, 0.2) is 0 Å². The third-order valence-corrected chi connectivity index (χ3v) is 4.18. The molecule has 6 heteroatoms. The Bertz CT molecular complexity index is 186. The summed E-state index contributed by atoms with van der Waals surface area (Å²) in [5.74, 6) is -1.17. The van der Waals surface area contributed by atoms with Crippen LogP contribution in [-0.4, -0.2) is 33.3 Å². The first-order valence-electron chi connectivity index (χ1n) is 4.06. The van der Waals surface area contributed by atoms with Crippen molar-refractivity contribution in [1.82, 2.24) is 0 Å². The Morgan fingerprint density at radius 1 is 1.36 bits per heavy atom. The van der Waals surface area contributed by atoms with Gasteiger partial charge in [0.1, 0.15) is 6.61 Å². The second-order valence-electron chi connectivity index (χ2n) is 2.77. The van der Waals surface area contributed by atoms with Crippen LogP contribution in [0.5, 0.6) is 0 Å². The van der Waals surface area contributed by atoms with Crippen molar-refractivity contribution < 1.29 is 19.4 Å². The van der Waals surface area contributed by atoms with Gasteiger partial charge >= 0.3 is 11.9 Å². The Morgan fingerprint density at radius 3 is 2.36 bits per heavy atom. The molecule has 0 aliphatic heterocycles. The summed E-state index contributed by atoms with van der Waals surface area (Å²) in [6.07, 6.45) is 0.588. The molecule has 0 rings (SSSR count). The van der Waals surface area contributed by atoms with Gasteiger partial charge < -0.3 is 9.84 Å². The number of carboxylic acids is 1. The van der Waals surface area contributed by atoms with Crippen molar-refractivity contribution in [3.63, 3.8) is 0 Å². The molecule has 14 heavy (non-hydrogen) atoms. The number of ether oxygens (including phenoxy) is 1. The van der Waals surface area contributed by atoms with Crippen LogP contribution in [0.1, 0.15) is 19.8 Å². The molecule has 0 heterocycles. The van der Waals surface area contributed by atoms with Gasteiger partial charge in [0.25, 0.3) is 0 Å². The molecule has 0 unspecified atom stereocenters. The quantitative estimate of drug-likeness (QED) is 0.596.